The van der Waals surface area contributed by atoms with Crippen molar-refractivity contribution in [1.82, 2.24) is 48.9 Å². The molecule has 0 bridgehead atoms. The maximum absolute atomic E-state index is 12.5. The molecule has 0 radical (unpaired) electrons. The highest BCUT2D eigenvalue weighted by molar-refractivity contribution is 9.10. The Morgan fingerprint density at radius 1 is 0.694 bits per heavy atom. The van der Waals surface area contributed by atoms with E-state index >= 15 is 0 Å². The van der Waals surface area contributed by atoms with Crippen LogP contribution < -0.4 is 4.74 Å². The van der Waals surface area contributed by atoms with Crippen molar-refractivity contribution in [2.24, 2.45) is 10.8 Å². The number of aryl methyl sites for hydroxylation is 2. The molecular formula is C64H79BrCl2N10O8. The number of ether oxygens (including phenoxy) is 5. The molecule has 21 heteroatoms. The molecule has 13 rings (SSSR count). The number of benzene rings is 3. The number of aliphatic hydroxyl groups is 1. The first-order valence-electron chi connectivity index (χ1n) is 30.4. The smallest absolute Gasteiger partial charge is 0.410 e. The second-order valence-electron chi connectivity index (χ2n) is 25.8. The first-order chi connectivity index (χ1) is 40.8. The van der Waals surface area contributed by atoms with Crippen LogP contribution in [-0.2, 0) is 18.9 Å². The third-order valence-corrected chi connectivity index (χ3v) is 19.8. The van der Waals surface area contributed by atoms with E-state index in [4.69, 9.17) is 67.3 Å². The van der Waals surface area contributed by atoms with Gasteiger partial charge < -0.3 is 38.6 Å². The van der Waals surface area contributed by atoms with Crippen LogP contribution in [0.4, 0.5) is 9.59 Å². The van der Waals surface area contributed by atoms with Gasteiger partial charge in [0.1, 0.15) is 28.3 Å². The van der Waals surface area contributed by atoms with Crippen LogP contribution >= 0.6 is 39.1 Å². The Balaban J connectivity index is 0.000000171. The lowest BCUT2D eigenvalue weighted by molar-refractivity contribution is -0.0931. The lowest BCUT2D eigenvalue weighted by Crippen LogP contribution is -2.64. The molecule has 18 nitrogen and oxygen atoms in total. The summed E-state index contributed by atoms with van der Waals surface area (Å²) in [6.45, 7) is 21.3. The number of unbranched alkanes of at least 4 members (excludes halogenated alkanes) is 1. The van der Waals surface area contributed by atoms with Crippen molar-refractivity contribution in [2.75, 3.05) is 59.2 Å². The van der Waals surface area contributed by atoms with Gasteiger partial charge >= 0.3 is 12.2 Å². The number of hydrogen-bond donors (Lipinski definition) is 1. The van der Waals surface area contributed by atoms with Crippen LogP contribution in [0.3, 0.4) is 0 Å². The summed E-state index contributed by atoms with van der Waals surface area (Å²) < 4.78 is 37.9. The van der Waals surface area contributed by atoms with Crippen LogP contribution in [0.5, 0.6) is 5.75 Å². The maximum Gasteiger partial charge on any atom is 0.410 e. The molecule has 2 unspecified atom stereocenters. The van der Waals surface area contributed by atoms with Crippen molar-refractivity contribution >= 4 is 73.1 Å². The van der Waals surface area contributed by atoms with Crippen molar-refractivity contribution in [1.29, 1.82) is 0 Å². The summed E-state index contributed by atoms with van der Waals surface area (Å²) in [6, 6.07) is 12.6. The number of fused-ring (bicyclic) bond motifs is 2. The van der Waals surface area contributed by atoms with E-state index < -0.39 is 5.60 Å². The standard InChI is InChI=1S/C36H44ClN5O5.C28H35BrClN5O3/c1-4-5-14-47-35(44)40-21-36(22-40)18-26(19-36)41-24(3)31(34(39-41)25-9-11-27(12-10-25)45-16-13-43)32-28-20-38-42(30-8-6-7-15-46-30)29(28)17-23(2)33(32)37;1-16-10-20-19(13-31-35(20)21-8-6-7-9-37-21)23(24(16)30)22-17(2)34(32-25(22)29)18-11-28(12-18)14-33(15-28)26(36)38-27(3,4)5/h9-12,17,20,26,30,43H,4-8,13-16,18-19,21-22H2,1-3H3;10,13,18,21H,6-9,11-12,14-15H2,1-5H3. The van der Waals surface area contributed by atoms with E-state index in [0.29, 0.717) is 23.4 Å². The molecule has 2 saturated carbocycles. The summed E-state index contributed by atoms with van der Waals surface area (Å²) in [4.78, 5) is 28.5. The molecule has 2 spiro atoms. The van der Waals surface area contributed by atoms with Crippen molar-refractivity contribution in [2.45, 2.75) is 163 Å². The van der Waals surface area contributed by atoms with Gasteiger partial charge in [-0.15, -0.1) is 0 Å². The number of carbonyl (C=O) groups excluding carboxylic acids is 2. The van der Waals surface area contributed by atoms with Crippen molar-refractivity contribution < 1.29 is 38.4 Å². The molecule has 7 aromatic rings. The van der Waals surface area contributed by atoms with E-state index in [1.54, 1.807) is 0 Å². The topological polar surface area (TPSA) is 178 Å². The summed E-state index contributed by atoms with van der Waals surface area (Å²) in [5, 5.41) is 32.4. The number of aromatic nitrogens is 8. The largest absolute Gasteiger partial charge is 0.491 e. The minimum atomic E-state index is -0.473. The van der Waals surface area contributed by atoms with Crippen molar-refractivity contribution in [3.8, 4) is 39.3 Å². The minimum absolute atomic E-state index is 0.0440. The number of nitrogens with zero attached hydrogens (tertiary/aromatic N) is 10. The second-order valence-corrected chi connectivity index (χ2v) is 27.3. The van der Waals surface area contributed by atoms with Gasteiger partial charge in [0, 0.05) is 100 Å². The Bertz CT molecular complexity index is 3620. The molecule has 8 heterocycles. The van der Waals surface area contributed by atoms with Crippen LogP contribution in [0.15, 0.2) is 53.4 Å². The fourth-order valence-corrected chi connectivity index (χ4v) is 15.1. The predicted molar refractivity (Wildman–Crippen MR) is 331 cm³/mol. The van der Waals surface area contributed by atoms with E-state index in [1.165, 1.54) is 0 Å². The zero-order chi connectivity index (χ0) is 59.7. The number of carbonyl (C=O) groups is 2. The predicted octanol–water partition coefficient (Wildman–Crippen LogP) is 14.7. The molecule has 2 atom stereocenters. The van der Waals surface area contributed by atoms with Gasteiger partial charge in [0.2, 0.25) is 0 Å². The molecule has 3 aromatic carbocycles. The van der Waals surface area contributed by atoms with Crippen LogP contribution in [0.1, 0.15) is 152 Å². The highest BCUT2D eigenvalue weighted by Gasteiger charge is 2.57. The van der Waals surface area contributed by atoms with Gasteiger partial charge in [0.05, 0.1) is 58.8 Å². The van der Waals surface area contributed by atoms with Crippen LogP contribution in [0.2, 0.25) is 10.0 Å². The molecule has 4 aliphatic heterocycles. The molecular weight excluding hydrogens is 1190 g/mol. The monoisotopic (exact) mass is 1260 g/mol. The molecule has 6 fully saturated rings. The molecule has 454 valence electrons. The summed E-state index contributed by atoms with van der Waals surface area (Å²) in [5.41, 5.74) is 11.7. The number of aliphatic hydroxyl groups excluding tert-OH is 1. The van der Waals surface area contributed by atoms with Gasteiger partial charge in [-0.05, 0) is 183 Å². The van der Waals surface area contributed by atoms with E-state index in [1.807, 2.05) is 90.4 Å². The van der Waals surface area contributed by atoms with E-state index in [0.717, 1.165) is 204 Å². The van der Waals surface area contributed by atoms with Crippen LogP contribution in [-0.4, -0.2) is 131 Å². The Kier molecular flexibility index (Phi) is 16.7. The molecule has 2 amide bonds. The quantitative estimate of drug-likeness (QED) is 0.108. The Morgan fingerprint density at radius 2 is 1.20 bits per heavy atom. The summed E-state index contributed by atoms with van der Waals surface area (Å²) >= 11 is 18.0. The minimum Gasteiger partial charge on any atom is -0.491 e. The lowest BCUT2D eigenvalue weighted by Gasteiger charge is -2.58. The first-order valence-corrected chi connectivity index (χ1v) is 32.0. The van der Waals surface area contributed by atoms with E-state index in [2.05, 4.69) is 58.2 Å². The zero-order valence-corrected chi connectivity index (χ0v) is 53.3. The van der Waals surface area contributed by atoms with Gasteiger partial charge in [-0.25, -0.2) is 19.0 Å². The third-order valence-electron chi connectivity index (χ3n) is 18.3. The number of likely N-dealkylation sites (tertiary alicyclic amines) is 2. The van der Waals surface area contributed by atoms with Gasteiger partial charge in [0.15, 0.2) is 12.5 Å². The fourth-order valence-electron chi connectivity index (χ4n) is 14.0. The SMILES string of the molecule is CCCCOC(=O)N1CC2(CC(n3nc(-c4ccc(OCCO)cc4)c(-c4c(Cl)c(C)cc5c4cnn5C4CCCCO4)c3C)C2)C1.Cc1cc2c(cnn2C2CCCCO2)c(-c2c(Br)nn(C3CC4(C3)CN(C(=O)OC(C)(C)C)C4)c2C)c1Cl. The summed E-state index contributed by atoms with van der Waals surface area (Å²) in [5.74, 6) is 0.689. The molecule has 4 aromatic heterocycles. The number of hydrogen-bond acceptors (Lipinski definition) is 12. The second kappa shape index (κ2) is 23.8. The Morgan fingerprint density at radius 3 is 1.69 bits per heavy atom. The highest BCUT2D eigenvalue weighted by atomic mass is 79.9. The number of amides is 2. The van der Waals surface area contributed by atoms with Crippen LogP contribution in [0.25, 0.3) is 55.3 Å². The molecule has 1 N–H and O–H groups in total. The normalized spacial score (nSPS) is 20.9. The lowest BCUT2D eigenvalue weighted by atomic mass is 9.60. The first kappa shape index (κ1) is 59.6. The summed E-state index contributed by atoms with van der Waals surface area (Å²) in [6.07, 6.45) is 15.4. The van der Waals surface area contributed by atoms with E-state index in [-0.39, 0.29) is 54.7 Å². The molecule has 85 heavy (non-hydrogen) atoms. The molecule has 4 saturated heterocycles. The van der Waals surface area contributed by atoms with Gasteiger partial charge in [-0.2, -0.15) is 20.4 Å². The maximum atomic E-state index is 12.5. The fraction of sp³-hybridized carbons (Fsp3) is 0.562. The molecule has 6 aliphatic rings. The average molecular weight is 1270 g/mol. The van der Waals surface area contributed by atoms with Gasteiger partial charge in [-0.1, -0.05) is 36.5 Å². The van der Waals surface area contributed by atoms with E-state index in [9.17, 15) is 14.7 Å². The average Bonchev–Trinajstić information content (AvgIpc) is 2.34. The van der Waals surface area contributed by atoms with Gasteiger partial charge in [-0.3, -0.25) is 9.36 Å². The van der Waals surface area contributed by atoms with Gasteiger partial charge in [0.25, 0.3) is 0 Å². The highest BCUT2D eigenvalue weighted by Crippen LogP contribution is 2.57. The van der Waals surface area contributed by atoms with Crippen molar-refractivity contribution in [3.63, 3.8) is 0 Å². The van der Waals surface area contributed by atoms with Crippen LogP contribution in [0, 0.1) is 38.5 Å². The third kappa shape index (κ3) is 11.4. The number of halogens is 3. The Labute approximate surface area is 515 Å². The number of rotatable bonds is 13. The summed E-state index contributed by atoms with van der Waals surface area (Å²) in [7, 11) is 0. The zero-order valence-electron chi connectivity index (χ0n) is 50.2. The Hall–Kier alpha value is -5.70. The molecule has 2 aliphatic carbocycles. The van der Waals surface area contributed by atoms with Crippen molar-refractivity contribution in [3.05, 3.63) is 86.0 Å².